The highest BCUT2D eigenvalue weighted by Gasteiger charge is 2.17. The van der Waals surface area contributed by atoms with Crippen LogP contribution in [0.5, 0.6) is 0 Å². The molecular formula is C15H12ClN2O4S+. The van der Waals surface area contributed by atoms with Crippen molar-refractivity contribution in [3.05, 3.63) is 66.3 Å². The van der Waals surface area contributed by atoms with Crippen molar-refractivity contribution in [2.45, 2.75) is 0 Å². The fourth-order valence-corrected chi connectivity index (χ4v) is 3.32. The lowest BCUT2D eigenvalue weighted by atomic mass is 10.2. The van der Waals surface area contributed by atoms with Gasteiger partial charge in [-0.15, -0.1) is 0 Å². The summed E-state index contributed by atoms with van der Waals surface area (Å²) in [7, 11) is -4.69. The maximum absolute atomic E-state index is 8.60. The molecule has 0 unspecified atom stereocenters. The summed E-state index contributed by atoms with van der Waals surface area (Å²) in [6.07, 6.45) is 4.30. The van der Waals surface area contributed by atoms with Gasteiger partial charge in [0.15, 0.2) is 11.2 Å². The fraction of sp³-hybridized carbons (Fsp3) is 0. The molecule has 0 aliphatic rings. The average molecular weight is 352 g/mol. The van der Waals surface area contributed by atoms with Crippen LogP contribution in [0.4, 0.5) is 0 Å². The van der Waals surface area contributed by atoms with Crippen LogP contribution in [0.2, 0.25) is 0 Å². The van der Waals surface area contributed by atoms with Crippen molar-refractivity contribution in [3.8, 4) is 11.3 Å². The standard InChI is InChI=1S/C15H11N2S.ClHO4/c1-2-6-12(7-3-1)14-11-18-15-16-9-5-4-8-13(16)10-17(14)15;2-1(3,4)5/h1-11H;(H,2,3,4,5)/q+1;. The van der Waals surface area contributed by atoms with Gasteiger partial charge in [0.1, 0.15) is 6.20 Å². The van der Waals surface area contributed by atoms with Crippen molar-refractivity contribution in [2.75, 3.05) is 0 Å². The first-order valence-corrected chi connectivity index (χ1v) is 8.65. The maximum atomic E-state index is 8.60. The molecule has 4 aromatic rings. The van der Waals surface area contributed by atoms with E-state index in [4.69, 9.17) is 18.6 Å². The zero-order valence-corrected chi connectivity index (χ0v) is 13.3. The van der Waals surface area contributed by atoms with Gasteiger partial charge in [0.2, 0.25) is 0 Å². The number of hydrogen-bond acceptors (Lipinski definition) is 5. The Morgan fingerprint density at radius 1 is 1.00 bits per heavy atom. The van der Waals surface area contributed by atoms with E-state index in [1.165, 1.54) is 21.7 Å². The van der Waals surface area contributed by atoms with E-state index in [1.807, 2.05) is 6.07 Å². The van der Waals surface area contributed by atoms with Gasteiger partial charge in [-0.25, -0.2) is 0 Å². The van der Waals surface area contributed by atoms with E-state index in [0.717, 1.165) is 0 Å². The fourth-order valence-electron chi connectivity index (χ4n) is 2.31. The average Bonchev–Trinajstić information content (AvgIpc) is 3.05. The van der Waals surface area contributed by atoms with Crippen molar-refractivity contribution in [1.29, 1.82) is 0 Å². The SMILES string of the molecule is [O-][Cl+3]([O-])([O-])O.c1ccc(-c2csc3n4ccccc4c[n+]23)cc1. The van der Waals surface area contributed by atoms with Crippen molar-refractivity contribution < 1.29 is 33.3 Å². The van der Waals surface area contributed by atoms with Crippen LogP contribution in [-0.2, 0) is 0 Å². The largest absolute Gasteiger partial charge is 0.351 e. The Balaban J connectivity index is 0.000000276. The van der Waals surface area contributed by atoms with Crippen molar-refractivity contribution >= 4 is 21.8 Å². The molecule has 3 aromatic heterocycles. The third kappa shape index (κ3) is 3.67. The van der Waals surface area contributed by atoms with Crippen LogP contribution in [0.1, 0.15) is 0 Å². The van der Waals surface area contributed by atoms with Crippen molar-refractivity contribution in [2.24, 2.45) is 0 Å². The van der Waals surface area contributed by atoms with Crippen LogP contribution < -0.4 is 18.4 Å². The second-order valence-electron chi connectivity index (χ2n) is 4.66. The molecule has 0 spiro atoms. The summed E-state index contributed by atoms with van der Waals surface area (Å²) in [4.78, 5) is 1.24. The Kier molecular flexibility index (Phi) is 4.31. The highest BCUT2D eigenvalue weighted by Crippen LogP contribution is 2.22. The number of thiazole rings is 1. The van der Waals surface area contributed by atoms with Gasteiger partial charge in [-0.3, -0.25) is 0 Å². The second kappa shape index (κ2) is 6.25. The normalized spacial score (nSPS) is 11.5. The Morgan fingerprint density at radius 3 is 2.35 bits per heavy atom. The smallest absolute Gasteiger partial charge is 0.186 e. The number of benzene rings is 1. The number of hydrogen-bond donors (Lipinski definition) is 1. The number of aromatic nitrogens is 2. The minimum absolute atomic E-state index is 1.22. The Morgan fingerprint density at radius 2 is 1.65 bits per heavy atom. The van der Waals surface area contributed by atoms with Crippen molar-refractivity contribution in [1.82, 2.24) is 4.40 Å². The maximum Gasteiger partial charge on any atom is 0.351 e. The Labute approximate surface area is 137 Å². The summed E-state index contributed by atoms with van der Waals surface area (Å²) in [6, 6.07) is 16.8. The van der Waals surface area contributed by atoms with Crippen LogP contribution in [-0.4, -0.2) is 9.06 Å². The molecule has 0 atom stereocenters. The first-order chi connectivity index (χ1) is 10.9. The monoisotopic (exact) mass is 351 g/mol. The molecule has 0 bridgehead atoms. The van der Waals surface area contributed by atoms with Crippen LogP contribution in [0.3, 0.4) is 0 Å². The van der Waals surface area contributed by atoms with Gasteiger partial charge < -0.3 is 0 Å². The minimum atomic E-state index is -4.69. The molecule has 0 fully saturated rings. The molecule has 0 saturated heterocycles. The van der Waals surface area contributed by atoms with Gasteiger partial charge in [-0.1, -0.05) is 47.7 Å². The van der Waals surface area contributed by atoms with E-state index >= 15 is 0 Å². The molecule has 0 aliphatic heterocycles. The van der Waals surface area contributed by atoms with E-state index in [2.05, 4.69) is 69.0 Å². The van der Waals surface area contributed by atoms with Crippen LogP contribution >= 0.6 is 11.3 Å². The summed E-state index contributed by atoms with van der Waals surface area (Å²) in [6.45, 7) is 0. The van der Waals surface area contributed by atoms with Crippen LogP contribution in [0, 0.1) is 10.2 Å². The van der Waals surface area contributed by atoms with Gasteiger partial charge in [-0.05, 0) is 12.1 Å². The van der Waals surface area contributed by atoms with Gasteiger partial charge in [-0.2, -0.15) is 22.8 Å². The lowest BCUT2D eigenvalue weighted by Crippen LogP contribution is -2.58. The molecule has 0 radical (unpaired) electrons. The highest BCUT2D eigenvalue weighted by atomic mass is 35.7. The summed E-state index contributed by atoms with van der Waals surface area (Å²) in [5, 5.41) is 2.21. The predicted octanol–water partition coefficient (Wildman–Crippen LogP) is -0.718. The van der Waals surface area contributed by atoms with E-state index in [9.17, 15) is 0 Å². The number of pyridine rings is 1. The molecule has 6 nitrogen and oxygen atoms in total. The third-order valence-electron chi connectivity index (χ3n) is 3.17. The quantitative estimate of drug-likeness (QED) is 0.458. The Hall–Kier alpha value is -2.00. The molecule has 0 amide bonds. The van der Waals surface area contributed by atoms with Crippen LogP contribution in [0.15, 0.2) is 66.3 Å². The molecular weight excluding hydrogens is 340 g/mol. The summed E-state index contributed by atoms with van der Waals surface area (Å²) in [5.74, 6) is 0. The molecule has 1 N–H and O–H groups in total. The van der Waals surface area contributed by atoms with E-state index < -0.39 is 10.2 Å². The summed E-state index contributed by atoms with van der Waals surface area (Å²) < 4.78 is 37.2. The van der Waals surface area contributed by atoms with Gasteiger partial charge in [0.05, 0.1) is 21.1 Å². The van der Waals surface area contributed by atoms with Crippen molar-refractivity contribution in [3.63, 3.8) is 0 Å². The lowest BCUT2D eigenvalue weighted by molar-refractivity contribution is -1.92. The van der Waals surface area contributed by atoms with Gasteiger partial charge >= 0.3 is 4.96 Å². The molecule has 4 rings (SSSR count). The number of rotatable bonds is 1. The first-order valence-electron chi connectivity index (χ1n) is 6.51. The Bertz CT molecular complexity index is 925. The summed E-state index contributed by atoms with van der Waals surface area (Å²) in [5.41, 5.74) is 3.73. The molecule has 3 heterocycles. The predicted molar refractivity (Wildman–Crippen MR) is 76.1 cm³/mol. The summed E-state index contributed by atoms with van der Waals surface area (Å²) >= 11 is 1.77. The van der Waals surface area contributed by atoms with E-state index in [0.29, 0.717) is 0 Å². The molecule has 1 aromatic carbocycles. The van der Waals surface area contributed by atoms with Crippen LogP contribution in [0.25, 0.3) is 21.7 Å². The highest BCUT2D eigenvalue weighted by molar-refractivity contribution is 7.15. The molecule has 0 aliphatic carbocycles. The second-order valence-corrected chi connectivity index (χ2v) is 6.29. The van der Waals surface area contributed by atoms with Gasteiger partial charge in [0.25, 0.3) is 0 Å². The van der Waals surface area contributed by atoms with E-state index in [-0.39, 0.29) is 0 Å². The molecule has 0 saturated carbocycles. The van der Waals surface area contributed by atoms with E-state index in [1.54, 1.807) is 11.3 Å². The van der Waals surface area contributed by atoms with Gasteiger partial charge in [0, 0.05) is 10.9 Å². The molecule has 118 valence electrons. The number of fused-ring (bicyclic) bond motifs is 3. The minimum Gasteiger partial charge on any atom is -0.186 e. The number of nitrogens with zero attached hydrogens (tertiary/aromatic N) is 2. The number of halogens is 1. The topological polar surface area (TPSA) is 97.9 Å². The zero-order valence-electron chi connectivity index (χ0n) is 11.7. The number of imidazole rings is 1. The molecule has 23 heavy (non-hydrogen) atoms. The molecule has 8 heteroatoms. The first kappa shape index (κ1) is 15.9. The lowest BCUT2D eigenvalue weighted by Gasteiger charge is -2.03. The zero-order chi connectivity index (χ0) is 16.4. The third-order valence-corrected chi connectivity index (χ3v) is 4.12.